The van der Waals surface area contributed by atoms with E-state index in [0.717, 1.165) is 0 Å². The van der Waals surface area contributed by atoms with Gasteiger partial charge in [-0.2, -0.15) is 8.78 Å². The first kappa shape index (κ1) is 15.7. The molecular formula is C15H12BrF3O2. The molecule has 112 valence electrons. The summed E-state index contributed by atoms with van der Waals surface area (Å²) < 4.78 is 48.3. The summed E-state index contributed by atoms with van der Waals surface area (Å²) in [6, 6.07) is 10.6. The zero-order valence-electron chi connectivity index (χ0n) is 11.0. The van der Waals surface area contributed by atoms with E-state index in [9.17, 15) is 13.2 Å². The third-order valence-corrected chi connectivity index (χ3v) is 3.88. The summed E-state index contributed by atoms with van der Waals surface area (Å²) in [5, 5.41) is 0. The second kappa shape index (κ2) is 6.85. The van der Waals surface area contributed by atoms with Gasteiger partial charge in [-0.05, 0) is 12.1 Å². The molecule has 0 N–H and O–H groups in total. The molecule has 0 aliphatic heterocycles. The molecule has 1 unspecified atom stereocenters. The lowest BCUT2D eigenvalue weighted by Gasteiger charge is -2.16. The summed E-state index contributed by atoms with van der Waals surface area (Å²) >= 11 is 3.33. The van der Waals surface area contributed by atoms with E-state index in [2.05, 4.69) is 20.7 Å². The van der Waals surface area contributed by atoms with Gasteiger partial charge in [0.2, 0.25) is 0 Å². The zero-order valence-corrected chi connectivity index (χ0v) is 12.6. The Morgan fingerprint density at radius 3 is 2.38 bits per heavy atom. The minimum Gasteiger partial charge on any atom is -0.497 e. The minimum atomic E-state index is -2.94. The average Bonchev–Trinajstić information content (AvgIpc) is 2.46. The molecule has 0 spiro atoms. The minimum absolute atomic E-state index is 0.00425. The second-order valence-corrected chi connectivity index (χ2v) is 5.08. The summed E-state index contributed by atoms with van der Waals surface area (Å²) in [7, 11) is 1.44. The highest BCUT2D eigenvalue weighted by molar-refractivity contribution is 9.09. The molecule has 0 saturated carbocycles. The molecule has 21 heavy (non-hydrogen) atoms. The number of hydrogen-bond acceptors (Lipinski definition) is 2. The van der Waals surface area contributed by atoms with Gasteiger partial charge in [-0.1, -0.05) is 40.2 Å². The van der Waals surface area contributed by atoms with Crippen LogP contribution in [0.3, 0.4) is 0 Å². The Labute approximate surface area is 128 Å². The number of rotatable bonds is 5. The Kier molecular flexibility index (Phi) is 5.12. The highest BCUT2D eigenvalue weighted by Gasteiger charge is 2.20. The number of hydrogen-bond donors (Lipinski definition) is 0. The highest BCUT2D eigenvalue weighted by Crippen LogP contribution is 2.38. The van der Waals surface area contributed by atoms with Crippen molar-refractivity contribution in [3.05, 3.63) is 59.4 Å². The molecule has 6 heteroatoms. The van der Waals surface area contributed by atoms with Crippen molar-refractivity contribution in [3.63, 3.8) is 0 Å². The van der Waals surface area contributed by atoms with Crippen LogP contribution in [0.4, 0.5) is 13.2 Å². The Morgan fingerprint density at radius 1 is 1.05 bits per heavy atom. The van der Waals surface area contributed by atoms with Crippen molar-refractivity contribution in [2.24, 2.45) is 0 Å². The SMILES string of the molecule is COc1ccc(C(Br)c2ccccc2OC(F)F)c(F)c1. The molecular weight excluding hydrogens is 349 g/mol. The number of methoxy groups -OCH3 is 1. The lowest BCUT2D eigenvalue weighted by Crippen LogP contribution is -2.06. The van der Waals surface area contributed by atoms with Gasteiger partial charge in [-0.15, -0.1) is 0 Å². The predicted molar refractivity (Wildman–Crippen MR) is 76.8 cm³/mol. The van der Waals surface area contributed by atoms with Crippen LogP contribution in [0.5, 0.6) is 11.5 Å². The maximum absolute atomic E-state index is 14.1. The van der Waals surface area contributed by atoms with Crippen LogP contribution < -0.4 is 9.47 Å². The van der Waals surface area contributed by atoms with Crippen molar-refractivity contribution in [2.75, 3.05) is 7.11 Å². The third-order valence-electron chi connectivity index (χ3n) is 2.89. The van der Waals surface area contributed by atoms with Crippen molar-refractivity contribution >= 4 is 15.9 Å². The van der Waals surface area contributed by atoms with Gasteiger partial charge in [-0.3, -0.25) is 0 Å². The molecule has 1 atom stereocenters. The van der Waals surface area contributed by atoms with E-state index in [1.54, 1.807) is 24.3 Å². The van der Waals surface area contributed by atoms with Crippen molar-refractivity contribution in [1.82, 2.24) is 0 Å². The lowest BCUT2D eigenvalue weighted by atomic mass is 10.0. The molecule has 2 nitrogen and oxygen atoms in total. The monoisotopic (exact) mass is 360 g/mol. The quantitative estimate of drug-likeness (QED) is 0.704. The topological polar surface area (TPSA) is 18.5 Å². The average molecular weight is 361 g/mol. The van der Waals surface area contributed by atoms with E-state index < -0.39 is 17.3 Å². The summed E-state index contributed by atoms with van der Waals surface area (Å²) in [4.78, 5) is -0.613. The molecule has 0 aliphatic rings. The van der Waals surface area contributed by atoms with E-state index in [1.165, 1.54) is 25.3 Å². The Balaban J connectivity index is 2.38. The second-order valence-electron chi connectivity index (χ2n) is 4.17. The molecule has 0 saturated heterocycles. The van der Waals surface area contributed by atoms with Gasteiger partial charge in [0.15, 0.2) is 0 Å². The fourth-order valence-electron chi connectivity index (χ4n) is 1.90. The van der Waals surface area contributed by atoms with E-state index in [-0.39, 0.29) is 5.75 Å². The number of benzene rings is 2. The number of ether oxygens (including phenoxy) is 2. The molecule has 0 aliphatic carbocycles. The van der Waals surface area contributed by atoms with Crippen LogP contribution in [0, 0.1) is 5.82 Å². The van der Waals surface area contributed by atoms with E-state index in [4.69, 9.17) is 4.74 Å². The van der Waals surface area contributed by atoms with E-state index >= 15 is 0 Å². The standard InChI is InChI=1S/C15H12BrF3O2/c1-20-9-6-7-10(12(17)8-9)14(16)11-4-2-3-5-13(11)21-15(18)19/h2-8,14-15H,1H3. The molecule has 2 aromatic carbocycles. The fraction of sp³-hybridized carbons (Fsp3) is 0.200. The molecule has 2 rings (SSSR count). The molecule has 0 amide bonds. The first-order chi connectivity index (χ1) is 10.0. The van der Waals surface area contributed by atoms with Crippen molar-refractivity contribution in [1.29, 1.82) is 0 Å². The van der Waals surface area contributed by atoms with Crippen LogP contribution in [0.1, 0.15) is 16.0 Å². The fourth-order valence-corrected chi connectivity index (χ4v) is 2.65. The van der Waals surface area contributed by atoms with Gasteiger partial charge in [0.25, 0.3) is 0 Å². The molecule has 0 aromatic heterocycles. The van der Waals surface area contributed by atoms with Crippen LogP contribution in [0.15, 0.2) is 42.5 Å². The first-order valence-electron chi connectivity index (χ1n) is 6.04. The summed E-state index contributed by atoms with van der Waals surface area (Å²) in [5.74, 6) is -0.110. The molecule has 0 heterocycles. The zero-order chi connectivity index (χ0) is 15.4. The number of halogens is 4. The third kappa shape index (κ3) is 3.69. The highest BCUT2D eigenvalue weighted by atomic mass is 79.9. The maximum atomic E-state index is 14.1. The van der Waals surface area contributed by atoms with Crippen molar-refractivity contribution in [2.45, 2.75) is 11.4 Å². The summed E-state index contributed by atoms with van der Waals surface area (Å²) in [5.41, 5.74) is 0.725. The van der Waals surface area contributed by atoms with Crippen LogP contribution in [0.2, 0.25) is 0 Å². The van der Waals surface area contributed by atoms with Crippen molar-refractivity contribution in [3.8, 4) is 11.5 Å². The normalized spacial score (nSPS) is 12.3. The molecule has 0 fully saturated rings. The van der Waals surface area contributed by atoms with Gasteiger partial charge >= 0.3 is 6.61 Å². The lowest BCUT2D eigenvalue weighted by molar-refractivity contribution is -0.0503. The first-order valence-corrected chi connectivity index (χ1v) is 6.95. The maximum Gasteiger partial charge on any atom is 0.387 e. The summed E-state index contributed by atoms with van der Waals surface area (Å²) in [6.45, 7) is -2.94. The molecule has 2 aromatic rings. The van der Waals surface area contributed by atoms with E-state index in [0.29, 0.717) is 16.9 Å². The van der Waals surface area contributed by atoms with Gasteiger partial charge in [0.05, 0.1) is 11.9 Å². The van der Waals surface area contributed by atoms with Gasteiger partial charge in [0.1, 0.15) is 17.3 Å². The van der Waals surface area contributed by atoms with Crippen LogP contribution >= 0.6 is 15.9 Å². The van der Waals surface area contributed by atoms with Crippen molar-refractivity contribution < 1.29 is 22.6 Å². The smallest absolute Gasteiger partial charge is 0.387 e. The Bertz CT molecular complexity index is 620. The van der Waals surface area contributed by atoms with Gasteiger partial charge < -0.3 is 9.47 Å². The molecule has 0 radical (unpaired) electrons. The van der Waals surface area contributed by atoms with Gasteiger partial charge in [-0.25, -0.2) is 4.39 Å². The Morgan fingerprint density at radius 2 is 1.76 bits per heavy atom. The van der Waals surface area contributed by atoms with Crippen LogP contribution in [-0.2, 0) is 0 Å². The van der Waals surface area contributed by atoms with E-state index in [1.807, 2.05) is 0 Å². The predicted octanol–water partition coefficient (Wildman–Crippen LogP) is 4.92. The summed E-state index contributed by atoms with van der Waals surface area (Å²) in [6.07, 6.45) is 0. The van der Waals surface area contributed by atoms with Crippen LogP contribution in [0.25, 0.3) is 0 Å². The number of alkyl halides is 3. The number of para-hydroxylation sites is 1. The largest absolute Gasteiger partial charge is 0.497 e. The Hall–Kier alpha value is -1.69. The van der Waals surface area contributed by atoms with Crippen LogP contribution in [-0.4, -0.2) is 13.7 Å². The molecule has 0 bridgehead atoms. The van der Waals surface area contributed by atoms with Gasteiger partial charge in [0, 0.05) is 17.2 Å².